The molecule has 1 spiro atoms. The zero-order valence-electron chi connectivity index (χ0n) is 20.1. The van der Waals surface area contributed by atoms with Gasteiger partial charge in [-0.3, -0.25) is 0 Å². The molecule has 0 amide bonds. The van der Waals surface area contributed by atoms with E-state index in [0.717, 1.165) is 38.7 Å². The third kappa shape index (κ3) is 2.68. The SMILES string of the molecule is C[C@@H]1CC[C@@]2(OC1)O[C@H]1CC3[C@@H]4CC[C@@]5(O)C[C@@H](O)CC[C@]5(C)C4CC[C@]3(C)C1[C@@H]2C. The minimum atomic E-state index is -0.672. The fourth-order valence-corrected chi connectivity index (χ4v) is 10.2. The van der Waals surface area contributed by atoms with Crippen LogP contribution in [0.15, 0.2) is 0 Å². The first-order valence-corrected chi connectivity index (χ1v) is 13.3. The van der Waals surface area contributed by atoms with Crippen LogP contribution >= 0.6 is 0 Å². The van der Waals surface area contributed by atoms with Gasteiger partial charge in [-0.25, -0.2) is 0 Å². The van der Waals surface area contributed by atoms with Gasteiger partial charge in [0.1, 0.15) is 0 Å². The highest BCUT2D eigenvalue weighted by atomic mass is 16.7. The summed E-state index contributed by atoms with van der Waals surface area (Å²) in [6.07, 6.45) is 10.4. The van der Waals surface area contributed by atoms with E-state index in [9.17, 15) is 10.2 Å². The van der Waals surface area contributed by atoms with Crippen LogP contribution in [0.25, 0.3) is 0 Å². The van der Waals surface area contributed by atoms with E-state index >= 15 is 0 Å². The van der Waals surface area contributed by atoms with Crippen LogP contribution in [0, 0.1) is 46.3 Å². The van der Waals surface area contributed by atoms with Crippen molar-refractivity contribution >= 4 is 0 Å². The van der Waals surface area contributed by atoms with Gasteiger partial charge >= 0.3 is 0 Å². The quantitative estimate of drug-likeness (QED) is 0.571. The van der Waals surface area contributed by atoms with Crippen molar-refractivity contribution in [1.29, 1.82) is 0 Å². The zero-order chi connectivity index (χ0) is 21.8. The molecular weight excluding hydrogens is 388 g/mol. The summed E-state index contributed by atoms with van der Waals surface area (Å²) in [4.78, 5) is 0. The molecule has 0 aromatic rings. The fourth-order valence-electron chi connectivity index (χ4n) is 10.2. The molecule has 6 rings (SSSR count). The average Bonchev–Trinajstić information content (AvgIpc) is 3.16. The minimum Gasteiger partial charge on any atom is -0.393 e. The Morgan fingerprint density at radius 1 is 0.903 bits per heavy atom. The molecule has 6 fully saturated rings. The van der Waals surface area contributed by atoms with Crippen LogP contribution < -0.4 is 0 Å². The molecule has 4 aliphatic carbocycles. The molecule has 0 aromatic carbocycles. The highest BCUT2D eigenvalue weighted by Gasteiger charge is 2.70. The number of rotatable bonds is 0. The van der Waals surface area contributed by atoms with Gasteiger partial charge < -0.3 is 19.7 Å². The fraction of sp³-hybridized carbons (Fsp3) is 1.00. The summed E-state index contributed by atoms with van der Waals surface area (Å²) in [6, 6.07) is 0. The summed E-state index contributed by atoms with van der Waals surface area (Å²) in [5.41, 5.74) is -0.375. The molecule has 3 unspecified atom stereocenters. The van der Waals surface area contributed by atoms with Gasteiger partial charge in [0, 0.05) is 18.8 Å². The Labute approximate surface area is 188 Å². The molecular formula is C27H44O4. The van der Waals surface area contributed by atoms with Crippen LogP contribution in [-0.4, -0.2) is 40.4 Å². The van der Waals surface area contributed by atoms with E-state index < -0.39 is 5.60 Å². The molecule has 0 radical (unpaired) electrons. The standard InChI is InChI=1S/C27H44O4/c1-16-5-12-27(30-15-16)17(2)23-22(31-27)13-21-19-7-11-26(29)14-18(28)6-10-25(26,4)20(19)8-9-24(21,23)3/h16-23,28-29H,5-15H2,1-4H3/t16-,17+,18+,19-,20?,21?,22+,23?,24+,25-,26-,27-/m1/s1. The molecule has 0 aromatic heterocycles. The molecule has 4 nitrogen and oxygen atoms in total. The van der Waals surface area contributed by atoms with Gasteiger partial charge in [-0.2, -0.15) is 0 Å². The summed E-state index contributed by atoms with van der Waals surface area (Å²) < 4.78 is 13.3. The maximum atomic E-state index is 11.7. The van der Waals surface area contributed by atoms with E-state index in [1.54, 1.807) is 0 Å². The Kier molecular flexibility index (Phi) is 4.62. The van der Waals surface area contributed by atoms with E-state index in [1.165, 1.54) is 25.7 Å². The van der Waals surface area contributed by atoms with Crippen molar-refractivity contribution in [2.45, 2.75) is 115 Å². The number of fused-ring (bicyclic) bond motifs is 7. The van der Waals surface area contributed by atoms with Gasteiger partial charge in [-0.05, 0) is 91.8 Å². The second-order valence-corrected chi connectivity index (χ2v) is 13.3. The smallest absolute Gasteiger partial charge is 0.171 e. The van der Waals surface area contributed by atoms with Crippen molar-refractivity contribution in [1.82, 2.24) is 0 Å². The third-order valence-corrected chi connectivity index (χ3v) is 12.0. The zero-order valence-corrected chi connectivity index (χ0v) is 20.1. The summed E-state index contributed by atoms with van der Waals surface area (Å²) in [5, 5.41) is 22.0. The lowest BCUT2D eigenvalue weighted by atomic mass is 9.43. The second kappa shape index (κ2) is 6.71. The Balaban J connectivity index is 1.27. The first kappa shape index (κ1) is 21.4. The van der Waals surface area contributed by atoms with Crippen molar-refractivity contribution in [2.75, 3.05) is 6.61 Å². The van der Waals surface area contributed by atoms with Crippen molar-refractivity contribution in [3.8, 4) is 0 Å². The molecule has 2 saturated heterocycles. The van der Waals surface area contributed by atoms with Gasteiger partial charge in [0.25, 0.3) is 0 Å². The van der Waals surface area contributed by atoms with Crippen LogP contribution in [-0.2, 0) is 9.47 Å². The highest BCUT2D eigenvalue weighted by Crippen LogP contribution is 2.71. The lowest BCUT2D eigenvalue weighted by Gasteiger charge is -2.64. The van der Waals surface area contributed by atoms with Gasteiger partial charge in [-0.1, -0.05) is 27.7 Å². The molecule has 12 atom stereocenters. The monoisotopic (exact) mass is 432 g/mol. The van der Waals surface area contributed by atoms with Crippen LogP contribution in [0.3, 0.4) is 0 Å². The Morgan fingerprint density at radius 2 is 1.71 bits per heavy atom. The lowest BCUT2D eigenvalue weighted by molar-refractivity contribution is -0.274. The topological polar surface area (TPSA) is 58.9 Å². The van der Waals surface area contributed by atoms with E-state index in [0.29, 0.717) is 53.4 Å². The van der Waals surface area contributed by atoms with Crippen LogP contribution in [0.1, 0.15) is 91.9 Å². The molecule has 2 heterocycles. The molecule has 4 saturated carbocycles. The first-order valence-electron chi connectivity index (χ1n) is 13.3. The van der Waals surface area contributed by atoms with E-state index in [-0.39, 0.29) is 17.3 Å². The van der Waals surface area contributed by atoms with Crippen molar-refractivity contribution in [3.05, 3.63) is 0 Å². The van der Waals surface area contributed by atoms with Crippen LogP contribution in [0.5, 0.6) is 0 Å². The second-order valence-electron chi connectivity index (χ2n) is 13.3. The average molecular weight is 433 g/mol. The maximum absolute atomic E-state index is 11.7. The number of hydrogen-bond donors (Lipinski definition) is 2. The summed E-state index contributed by atoms with van der Waals surface area (Å²) in [7, 11) is 0. The predicted octanol–water partition coefficient (Wildman–Crippen LogP) is 4.91. The predicted molar refractivity (Wildman–Crippen MR) is 119 cm³/mol. The number of ether oxygens (including phenoxy) is 2. The van der Waals surface area contributed by atoms with Crippen LogP contribution in [0.4, 0.5) is 0 Å². The third-order valence-electron chi connectivity index (χ3n) is 12.0. The van der Waals surface area contributed by atoms with E-state index in [1.807, 2.05) is 0 Å². The largest absolute Gasteiger partial charge is 0.393 e. The number of aliphatic hydroxyl groups excluding tert-OH is 1. The molecule has 4 heteroatoms. The summed E-state index contributed by atoms with van der Waals surface area (Å²) in [6.45, 7) is 10.5. The van der Waals surface area contributed by atoms with Gasteiger partial charge in [0.05, 0.1) is 24.4 Å². The normalized spacial score (nSPS) is 63.3. The van der Waals surface area contributed by atoms with Gasteiger partial charge in [0.15, 0.2) is 5.79 Å². The Morgan fingerprint density at radius 3 is 2.45 bits per heavy atom. The molecule has 2 N–H and O–H groups in total. The van der Waals surface area contributed by atoms with Crippen molar-refractivity contribution in [3.63, 3.8) is 0 Å². The summed E-state index contributed by atoms with van der Waals surface area (Å²) in [5.74, 6) is 3.39. The lowest BCUT2D eigenvalue weighted by Crippen LogP contribution is -2.63. The molecule has 0 bridgehead atoms. The molecule has 176 valence electrons. The highest BCUT2D eigenvalue weighted by molar-refractivity contribution is 5.17. The minimum absolute atomic E-state index is 0.0372. The van der Waals surface area contributed by atoms with Crippen LogP contribution in [0.2, 0.25) is 0 Å². The van der Waals surface area contributed by atoms with Crippen molar-refractivity contribution in [2.24, 2.45) is 46.3 Å². The van der Waals surface area contributed by atoms with Gasteiger partial charge in [0.2, 0.25) is 0 Å². The molecule has 6 aliphatic rings. The van der Waals surface area contributed by atoms with E-state index in [4.69, 9.17) is 9.47 Å². The molecule has 2 aliphatic heterocycles. The van der Waals surface area contributed by atoms with Gasteiger partial charge in [-0.15, -0.1) is 0 Å². The Bertz CT molecular complexity index is 731. The van der Waals surface area contributed by atoms with Crippen molar-refractivity contribution < 1.29 is 19.7 Å². The summed E-state index contributed by atoms with van der Waals surface area (Å²) >= 11 is 0. The first-order chi connectivity index (χ1) is 14.6. The number of aliphatic hydroxyl groups is 2. The van der Waals surface area contributed by atoms with E-state index in [2.05, 4.69) is 27.7 Å². The Hall–Kier alpha value is -0.160. The molecule has 31 heavy (non-hydrogen) atoms. The number of hydrogen-bond acceptors (Lipinski definition) is 4. The maximum Gasteiger partial charge on any atom is 0.171 e.